The third kappa shape index (κ3) is 2.67. The summed E-state index contributed by atoms with van der Waals surface area (Å²) in [4.78, 5) is 0. The van der Waals surface area contributed by atoms with Gasteiger partial charge in [-0.3, -0.25) is 0 Å². The Morgan fingerprint density at radius 1 is 1.38 bits per heavy atom. The molecule has 1 aromatic carbocycles. The molecule has 1 aromatic rings. The van der Waals surface area contributed by atoms with E-state index in [9.17, 15) is 0 Å². The van der Waals surface area contributed by atoms with Crippen LogP contribution in [0.25, 0.3) is 0 Å². The van der Waals surface area contributed by atoms with Gasteiger partial charge in [-0.05, 0) is 37.3 Å². The molecule has 0 saturated carbocycles. The highest BCUT2D eigenvalue weighted by Gasteiger charge is 2.15. The molecule has 88 valence electrons. The Bertz CT molecular complexity index is 326. The summed E-state index contributed by atoms with van der Waals surface area (Å²) in [6.45, 7) is 4.49. The van der Waals surface area contributed by atoms with Gasteiger partial charge in [-0.15, -0.1) is 0 Å². The maximum Gasteiger partial charge on any atom is 0.145 e. The first-order valence-electron chi connectivity index (χ1n) is 5.83. The van der Waals surface area contributed by atoms with E-state index in [4.69, 9.17) is 15.2 Å². The predicted octanol–water partition coefficient (Wildman–Crippen LogP) is 2.38. The molecule has 0 spiro atoms. The van der Waals surface area contributed by atoms with E-state index in [1.54, 1.807) is 0 Å². The lowest BCUT2D eigenvalue weighted by Crippen LogP contribution is -2.21. The summed E-state index contributed by atoms with van der Waals surface area (Å²) >= 11 is 0. The number of para-hydroxylation sites is 1. The molecular formula is C13H19NO2. The van der Waals surface area contributed by atoms with Crippen LogP contribution in [0.5, 0.6) is 5.75 Å². The maximum absolute atomic E-state index is 5.89. The largest absolute Gasteiger partial charge is 0.491 e. The minimum atomic E-state index is 0.604. The van der Waals surface area contributed by atoms with Gasteiger partial charge in [-0.2, -0.15) is 0 Å². The van der Waals surface area contributed by atoms with E-state index < -0.39 is 0 Å². The van der Waals surface area contributed by atoms with Crippen LogP contribution < -0.4 is 10.5 Å². The van der Waals surface area contributed by atoms with Gasteiger partial charge in [-0.1, -0.05) is 12.1 Å². The molecule has 16 heavy (non-hydrogen) atoms. The van der Waals surface area contributed by atoms with Gasteiger partial charge in [0.1, 0.15) is 5.75 Å². The molecule has 3 heteroatoms. The van der Waals surface area contributed by atoms with Gasteiger partial charge in [0, 0.05) is 13.2 Å². The van der Waals surface area contributed by atoms with Crippen molar-refractivity contribution in [3.63, 3.8) is 0 Å². The molecule has 0 bridgehead atoms. The molecule has 1 fully saturated rings. The van der Waals surface area contributed by atoms with Crippen molar-refractivity contribution >= 4 is 5.69 Å². The first-order chi connectivity index (χ1) is 7.77. The fourth-order valence-corrected chi connectivity index (χ4v) is 1.99. The molecule has 1 heterocycles. The van der Waals surface area contributed by atoms with Gasteiger partial charge < -0.3 is 15.2 Å². The summed E-state index contributed by atoms with van der Waals surface area (Å²) in [5.74, 6) is 1.45. The number of hydrogen-bond donors (Lipinski definition) is 1. The minimum Gasteiger partial charge on any atom is -0.491 e. The number of benzene rings is 1. The fraction of sp³-hybridized carbons (Fsp3) is 0.538. The highest BCUT2D eigenvalue weighted by atomic mass is 16.5. The van der Waals surface area contributed by atoms with E-state index in [-0.39, 0.29) is 0 Å². The van der Waals surface area contributed by atoms with Crippen molar-refractivity contribution in [2.75, 3.05) is 25.6 Å². The summed E-state index contributed by atoms with van der Waals surface area (Å²) in [5.41, 5.74) is 7.72. The smallest absolute Gasteiger partial charge is 0.145 e. The molecular weight excluding hydrogens is 202 g/mol. The molecule has 0 unspecified atom stereocenters. The second-order valence-electron chi connectivity index (χ2n) is 4.36. The van der Waals surface area contributed by atoms with Crippen molar-refractivity contribution in [3.05, 3.63) is 23.8 Å². The standard InChI is InChI=1S/C13H19NO2/c1-10-3-2-4-12(14)13(10)16-9-11-5-7-15-8-6-11/h2-4,11H,5-9,14H2,1H3. The Kier molecular flexibility index (Phi) is 3.67. The lowest BCUT2D eigenvalue weighted by Gasteiger charge is -2.23. The average Bonchev–Trinajstić information content (AvgIpc) is 2.30. The van der Waals surface area contributed by atoms with Crippen LogP contribution in [0.15, 0.2) is 18.2 Å². The van der Waals surface area contributed by atoms with Crippen LogP contribution in [0, 0.1) is 12.8 Å². The van der Waals surface area contributed by atoms with Gasteiger partial charge in [0.05, 0.1) is 12.3 Å². The van der Waals surface area contributed by atoms with Crippen molar-refractivity contribution in [3.8, 4) is 5.75 Å². The molecule has 3 nitrogen and oxygen atoms in total. The van der Waals surface area contributed by atoms with Crippen LogP contribution in [0.1, 0.15) is 18.4 Å². The number of aryl methyl sites for hydroxylation is 1. The second-order valence-corrected chi connectivity index (χ2v) is 4.36. The summed E-state index contributed by atoms with van der Waals surface area (Å²) in [5, 5.41) is 0. The van der Waals surface area contributed by atoms with Crippen LogP contribution in [0.4, 0.5) is 5.69 Å². The first kappa shape index (κ1) is 11.3. The molecule has 2 rings (SSSR count). The topological polar surface area (TPSA) is 44.5 Å². The third-order valence-corrected chi connectivity index (χ3v) is 3.05. The first-order valence-corrected chi connectivity index (χ1v) is 5.83. The Hall–Kier alpha value is -1.22. The Balaban J connectivity index is 1.93. The van der Waals surface area contributed by atoms with Gasteiger partial charge >= 0.3 is 0 Å². The molecule has 1 aliphatic rings. The number of rotatable bonds is 3. The fourth-order valence-electron chi connectivity index (χ4n) is 1.99. The van der Waals surface area contributed by atoms with Crippen LogP contribution in [-0.2, 0) is 4.74 Å². The molecule has 0 aliphatic carbocycles. The summed E-state index contributed by atoms with van der Waals surface area (Å²) < 4.78 is 11.1. The molecule has 1 aliphatic heterocycles. The number of ether oxygens (including phenoxy) is 2. The van der Waals surface area contributed by atoms with E-state index in [2.05, 4.69) is 0 Å². The summed E-state index contributed by atoms with van der Waals surface area (Å²) in [7, 11) is 0. The van der Waals surface area contributed by atoms with Crippen molar-refractivity contribution in [2.24, 2.45) is 5.92 Å². The zero-order chi connectivity index (χ0) is 11.4. The molecule has 1 saturated heterocycles. The molecule has 0 aromatic heterocycles. The van der Waals surface area contributed by atoms with Crippen LogP contribution in [0.3, 0.4) is 0 Å². The molecule has 0 radical (unpaired) electrons. The lowest BCUT2D eigenvalue weighted by atomic mass is 10.0. The molecule has 2 N–H and O–H groups in total. The maximum atomic E-state index is 5.89. The second kappa shape index (κ2) is 5.21. The van der Waals surface area contributed by atoms with E-state index >= 15 is 0 Å². The third-order valence-electron chi connectivity index (χ3n) is 3.05. The van der Waals surface area contributed by atoms with Crippen molar-refractivity contribution in [1.82, 2.24) is 0 Å². The zero-order valence-electron chi connectivity index (χ0n) is 9.74. The zero-order valence-corrected chi connectivity index (χ0v) is 9.74. The van der Waals surface area contributed by atoms with Gasteiger partial charge in [-0.25, -0.2) is 0 Å². The number of nitrogen functional groups attached to an aromatic ring is 1. The quantitative estimate of drug-likeness (QED) is 0.797. The Labute approximate surface area is 96.5 Å². The molecule has 0 atom stereocenters. The van der Waals surface area contributed by atoms with Gasteiger partial charge in [0.2, 0.25) is 0 Å². The van der Waals surface area contributed by atoms with Crippen LogP contribution in [0.2, 0.25) is 0 Å². The number of nitrogens with two attached hydrogens (primary N) is 1. The Morgan fingerprint density at radius 3 is 2.81 bits per heavy atom. The van der Waals surface area contributed by atoms with E-state index in [1.807, 2.05) is 25.1 Å². The van der Waals surface area contributed by atoms with E-state index in [0.717, 1.165) is 49.7 Å². The summed E-state index contributed by atoms with van der Waals surface area (Å²) in [6.07, 6.45) is 2.18. The minimum absolute atomic E-state index is 0.604. The molecule has 0 amide bonds. The predicted molar refractivity (Wildman–Crippen MR) is 64.6 cm³/mol. The monoisotopic (exact) mass is 221 g/mol. The number of anilines is 1. The Morgan fingerprint density at radius 2 is 2.12 bits per heavy atom. The number of hydrogen-bond acceptors (Lipinski definition) is 3. The highest BCUT2D eigenvalue weighted by Crippen LogP contribution is 2.27. The van der Waals surface area contributed by atoms with Gasteiger partial charge in [0.15, 0.2) is 0 Å². The summed E-state index contributed by atoms with van der Waals surface area (Å²) in [6, 6.07) is 5.86. The van der Waals surface area contributed by atoms with Crippen LogP contribution in [-0.4, -0.2) is 19.8 Å². The van der Waals surface area contributed by atoms with Crippen molar-refractivity contribution in [2.45, 2.75) is 19.8 Å². The van der Waals surface area contributed by atoms with Crippen molar-refractivity contribution in [1.29, 1.82) is 0 Å². The van der Waals surface area contributed by atoms with E-state index in [1.165, 1.54) is 0 Å². The van der Waals surface area contributed by atoms with Crippen LogP contribution >= 0.6 is 0 Å². The van der Waals surface area contributed by atoms with Gasteiger partial charge in [0.25, 0.3) is 0 Å². The van der Waals surface area contributed by atoms with E-state index in [0.29, 0.717) is 5.92 Å². The SMILES string of the molecule is Cc1cccc(N)c1OCC1CCOCC1. The average molecular weight is 221 g/mol. The highest BCUT2D eigenvalue weighted by molar-refractivity contribution is 5.56. The van der Waals surface area contributed by atoms with Crippen molar-refractivity contribution < 1.29 is 9.47 Å². The normalized spacial score (nSPS) is 17.3. The lowest BCUT2D eigenvalue weighted by molar-refractivity contribution is 0.0498.